The van der Waals surface area contributed by atoms with Gasteiger partial charge in [0, 0.05) is 7.11 Å². The molecule has 0 saturated carbocycles. The molecule has 0 aromatic carbocycles. The van der Waals surface area contributed by atoms with Gasteiger partial charge in [-0.3, -0.25) is 0 Å². The van der Waals surface area contributed by atoms with Crippen molar-refractivity contribution in [2.45, 2.75) is 20.0 Å². The average molecular weight is 250 g/mol. The largest absolute Gasteiger partial charge is 0.377 e. The Bertz CT molecular complexity index is 554. The van der Waals surface area contributed by atoms with Crippen LogP contribution in [-0.4, -0.2) is 32.3 Å². The van der Waals surface area contributed by atoms with E-state index in [2.05, 4.69) is 20.5 Å². The molecule has 0 unspecified atom stereocenters. The van der Waals surface area contributed by atoms with Crippen molar-refractivity contribution in [1.82, 2.24) is 25.2 Å². The first-order chi connectivity index (χ1) is 8.30. The van der Waals surface area contributed by atoms with Gasteiger partial charge in [0.05, 0.1) is 5.69 Å². The Morgan fingerprint density at radius 3 is 2.88 bits per heavy atom. The molecule has 0 atom stereocenters. The summed E-state index contributed by atoms with van der Waals surface area (Å²) in [6.45, 7) is 2.35. The summed E-state index contributed by atoms with van der Waals surface area (Å²) in [5, 5.41) is 25.9. The molecular formula is C9H10N6OS. The molecule has 2 heterocycles. The van der Waals surface area contributed by atoms with E-state index in [0.29, 0.717) is 23.9 Å². The average Bonchev–Trinajstić information content (AvgIpc) is 2.94. The summed E-state index contributed by atoms with van der Waals surface area (Å²) in [4.78, 5) is 0. The Kier molecular flexibility index (Phi) is 3.41. The van der Waals surface area contributed by atoms with E-state index in [1.807, 2.05) is 13.0 Å². The van der Waals surface area contributed by atoms with Crippen molar-refractivity contribution in [3.05, 3.63) is 16.4 Å². The smallest absolute Gasteiger partial charge is 0.234 e. The molecule has 2 rings (SSSR count). The fourth-order valence-corrected chi connectivity index (χ4v) is 2.16. The van der Waals surface area contributed by atoms with Crippen LogP contribution < -0.4 is 0 Å². The van der Waals surface area contributed by atoms with E-state index in [1.54, 1.807) is 11.8 Å². The molecule has 8 heteroatoms. The van der Waals surface area contributed by atoms with Crippen molar-refractivity contribution >= 4 is 11.3 Å². The van der Waals surface area contributed by atoms with Gasteiger partial charge in [-0.25, -0.2) is 0 Å². The van der Waals surface area contributed by atoms with Crippen molar-refractivity contribution < 1.29 is 4.74 Å². The summed E-state index contributed by atoms with van der Waals surface area (Å²) in [5.41, 5.74) is 1.07. The fraction of sp³-hybridized carbons (Fsp3) is 0.444. The van der Waals surface area contributed by atoms with Crippen LogP contribution in [0, 0.1) is 11.3 Å². The van der Waals surface area contributed by atoms with Crippen LogP contribution in [0.1, 0.15) is 23.3 Å². The molecule has 88 valence electrons. The van der Waals surface area contributed by atoms with Crippen LogP contribution >= 0.6 is 11.3 Å². The molecule has 0 amide bonds. The number of ether oxygens (including phenoxy) is 1. The van der Waals surface area contributed by atoms with Crippen molar-refractivity contribution in [2.24, 2.45) is 0 Å². The quantitative estimate of drug-likeness (QED) is 0.793. The zero-order valence-corrected chi connectivity index (χ0v) is 10.2. The monoisotopic (exact) mass is 250 g/mol. The standard InChI is InChI=1S/C9H10N6OS/c1-3-7-6(4-10)11-14-15(7)9-13-12-8(17-9)5-16-2/h3,5H2,1-2H3. The molecule has 0 fully saturated rings. The lowest BCUT2D eigenvalue weighted by Gasteiger charge is -1.97. The van der Waals surface area contributed by atoms with Crippen LogP contribution in [0.15, 0.2) is 0 Å². The summed E-state index contributed by atoms with van der Waals surface area (Å²) < 4.78 is 6.52. The van der Waals surface area contributed by atoms with E-state index in [1.165, 1.54) is 11.3 Å². The van der Waals surface area contributed by atoms with Crippen molar-refractivity contribution in [1.29, 1.82) is 5.26 Å². The van der Waals surface area contributed by atoms with Crippen LogP contribution in [0.5, 0.6) is 0 Å². The summed E-state index contributed by atoms with van der Waals surface area (Å²) in [6.07, 6.45) is 0.662. The second kappa shape index (κ2) is 4.99. The van der Waals surface area contributed by atoms with Gasteiger partial charge >= 0.3 is 0 Å². The van der Waals surface area contributed by atoms with Gasteiger partial charge < -0.3 is 4.74 Å². The van der Waals surface area contributed by atoms with E-state index in [9.17, 15) is 0 Å². The van der Waals surface area contributed by atoms with Gasteiger partial charge in [0.2, 0.25) is 5.13 Å². The van der Waals surface area contributed by atoms with Crippen LogP contribution in [0.3, 0.4) is 0 Å². The minimum Gasteiger partial charge on any atom is -0.377 e. The molecule has 2 aromatic rings. The zero-order valence-electron chi connectivity index (χ0n) is 9.41. The molecule has 0 aliphatic carbocycles. The molecule has 0 N–H and O–H groups in total. The SMILES string of the molecule is CCc1c(C#N)nnn1-c1nnc(COC)s1. The molecule has 0 radical (unpaired) electrons. The normalized spacial score (nSPS) is 10.4. The van der Waals surface area contributed by atoms with E-state index in [0.717, 1.165) is 10.7 Å². The Balaban J connectivity index is 2.39. The Labute approximate surface area is 102 Å². The molecule has 2 aromatic heterocycles. The highest BCUT2D eigenvalue weighted by Crippen LogP contribution is 2.17. The number of nitriles is 1. The maximum atomic E-state index is 8.88. The molecule has 0 aliphatic rings. The molecule has 0 saturated heterocycles. The highest BCUT2D eigenvalue weighted by Gasteiger charge is 2.15. The third-order valence-corrected chi connectivity index (χ3v) is 2.98. The highest BCUT2D eigenvalue weighted by molar-refractivity contribution is 7.13. The van der Waals surface area contributed by atoms with Gasteiger partial charge in [0.25, 0.3) is 0 Å². The molecule has 17 heavy (non-hydrogen) atoms. The molecule has 0 spiro atoms. The Morgan fingerprint density at radius 1 is 1.41 bits per heavy atom. The minimum absolute atomic E-state index is 0.330. The number of rotatable bonds is 4. The fourth-order valence-electron chi connectivity index (χ4n) is 1.37. The maximum Gasteiger partial charge on any atom is 0.234 e. The lowest BCUT2D eigenvalue weighted by Crippen LogP contribution is -2.01. The maximum absolute atomic E-state index is 8.88. The third-order valence-electron chi connectivity index (χ3n) is 2.11. The second-order valence-corrected chi connectivity index (χ2v) is 4.21. The highest BCUT2D eigenvalue weighted by atomic mass is 32.1. The lowest BCUT2D eigenvalue weighted by molar-refractivity contribution is 0.184. The summed E-state index contributed by atoms with van der Waals surface area (Å²) in [5.74, 6) is 0. The summed E-state index contributed by atoms with van der Waals surface area (Å²) >= 11 is 1.37. The van der Waals surface area contributed by atoms with Gasteiger partial charge in [-0.15, -0.1) is 15.3 Å². The molecule has 0 aliphatic heterocycles. The van der Waals surface area contributed by atoms with Gasteiger partial charge in [0.15, 0.2) is 5.69 Å². The number of hydrogen-bond donors (Lipinski definition) is 0. The van der Waals surface area contributed by atoms with Crippen molar-refractivity contribution in [3.63, 3.8) is 0 Å². The van der Waals surface area contributed by atoms with E-state index >= 15 is 0 Å². The van der Waals surface area contributed by atoms with Gasteiger partial charge in [-0.1, -0.05) is 23.5 Å². The Morgan fingerprint density at radius 2 is 2.24 bits per heavy atom. The molecule has 7 nitrogen and oxygen atoms in total. The first-order valence-electron chi connectivity index (χ1n) is 4.96. The number of nitrogens with zero attached hydrogens (tertiary/aromatic N) is 6. The van der Waals surface area contributed by atoms with E-state index < -0.39 is 0 Å². The van der Waals surface area contributed by atoms with Gasteiger partial charge in [-0.2, -0.15) is 9.94 Å². The zero-order chi connectivity index (χ0) is 12.3. The minimum atomic E-state index is 0.330. The van der Waals surface area contributed by atoms with Crippen LogP contribution in [0.2, 0.25) is 0 Å². The summed E-state index contributed by atoms with van der Waals surface area (Å²) in [6, 6.07) is 2.01. The molecular weight excluding hydrogens is 240 g/mol. The Hall–Kier alpha value is -1.85. The predicted molar refractivity (Wildman–Crippen MR) is 59.6 cm³/mol. The molecule has 0 bridgehead atoms. The van der Waals surface area contributed by atoms with E-state index in [-0.39, 0.29) is 0 Å². The third kappa shape index (κ3) is 2.15. The topological polar surface area (TPSA) is 89.5 Å². The van der Waals surface area contributed by atoms with E-state index in [4.69, 9.17) is 10.00 Å². The predicted octanol–water partition coefficient (Wildman–Crippen LogP) is 0.699. The first-order valence-corrected chi connectivity index (χ1v) is 5.78. The first kappa shape index (κ1) is 11.6. The van der Waals surface area contributed by atoms with Gasteiger partial charge in [-0.05, 0) is 6.42 Å². The van der Waals surface area contributed by atoms with Gasteiger partial charge in [0.1, 0.15) is 17.7 Å². The summed E-state index contributed by atoms with van der Waals surface area (Å²) in [7, 11) is 1.60. The number of hydrogen-bond acceptors (Lipinski definition) is 7. The second-order valence-electron chi connectivity index (χ2n) is 3.17. The van der Waals surface area contributed by atoms with Crippen LogP contribution in [0.25, 0.3) is 5.13 Å². The van der Waals surface area contributed by atoms with Crippen molar-refractivity contribution in [2.75, 3.05) is 7.11 Å². The number of methoxy groups -OCH3 is 1. The van der Waals surface area contributed by atoms with Crippen LogP contribution in [0.4, 0.5) is 0 Å². The van der Waals surface area contributed by atoms with Crippen LogP contribution in [-0.2, 0) is 17.8 Å². The number of aromatic nitrogens is 5. The van der Waals surface area contributed by atoms with Crippen molar-refractivity contribution in [3.8, 4) is 11.2 Å². The lowest BCUT2D eigenvalue weighted by atomic mass is 10.3.